The van der Waals surface area contributed by atoms with E-state index in [1.165, 1.54) is 39.0 Å². The first-order chi connectivity index (χ1) is 18.7. The van der Waals surface area contributed by atoms with E-state index in [1.54, 1.807) is 0 Å². The van der Waals surface area contributed by atoms with E-state index in [1.807, 2.05) is 0 Å². The summed E-state index contributed by atoms with van der Waals surface area (Å²) in [5, 5.41) is 0. The van der Waals surface area contributed by atoms with Crippen LogP contribution < -0.4 is 4.90 Å². The van der Waals surface area contributed by atoms with E-state index in [0.717, 1.165) is 17.1 Å². The van der Waals surface area contributed by atoms with Crippen LogP contribution >= 0.6 is 0 Å². The highest BCUT2D eigenvalue weighted by Gasteiger charge is 2.13. The van der Waals surface area contributed by atoms with Crippen molar-refractivity contribution in [1.82, 2.24) is 0 Å². The van der Waals surface area contributed by atoms with Gasteiger partial charge in [-0.3, -0.25) is 0 Å². The summed E-state index contributed by atoms with van der Waals surface area (Å²) in [6, 6.07) is 45.7. The highest BCUT2D eigenvalue weighted by molar-refractivity contribution is 5.81. The molecular weight excluding hydrogens is 458 g/mol. The summed E-state index contributed by atoms with van der Waals surface area (Å²) in [6.07, 6.45) is 6.39. The van der Waals surface area contributed by atoms with E-state index in [4.69, 9.17) is 0 Å². The second-order valence-corrected chi connectivity index (χ2v) is 9.45. The molecular formula is C37H33N. The predicted molar refractivity (Wildman–Crippen MR) is 165 cm³/mol. The minimum absolute atomic E-state index is 1.13. The zero-order valence-corrected chi connectivity index (χ0v) is 22.3. The summed E-state index contributed by atoms with van der Waals surface area (Å²) in [7, 11) is 0. The molecule has 1 nitrogen and oxygen atoms in total. The maximum Gasteiger partial charge on any atom is 0.0462 e. The lowest BCUT2D eigenvalue weighted by molar-refractivity contribution is 1.28. The first-order valence-corrected chi connectivity index (χ1v) is 13.2. The topological polar surface area (TPSA) is 3.24 Å². The quantitative estimate of drug-likeness (QED) is 0.205. The molecule has 0 saturated heterocycles. The van der Waals surface area contributed by atoms with Crippen molar-refractivity contribution < 1.29 is 0 Å². The molecule has 0 aromatic heterocycles. The van der Waals surface area contributed by atoms with Gasteiger partial charge in [0.05, 0.1) is 0 Å². The SMILES string of the molecule is C/C=C\C(=C/C)c1ccc(N(c2ccc(-c3ccccc3)cc2)c2ccc(-c3ccc(C)cc3)cc2)cc1. The summed E-state index contributed by atoms with van der Waals surface area (Å²) < 4.78 is 0. The number of aryl methyl sites for hydroxylation is 1. The molecule has 0 N–H and O–H groups in total. The van der Waals surface area contributed by atoms with Gasteiger partial charge in [0, 0.05) is 17.1 Å². The Morgan fingerprint density at radius 3 is 1.37 bits per heavy atom. The largest absolute Gasteiger partial charge is 0.311 e. The van der Waals surface area contributed by atoms with Crippen molar-refractivity contribution in [2.45, 2.75) is 20.8 Å². The van der Waals surface area contributed by atoms with Gasteiger partial charge >= 0.3 is 0 Å². The Hall–Kier alpha value is -4.62. The molecule has 0 fully saturated rings. The summed E-state index contributed by atoms with van der Waals surface area (Å²) in [5.41, 5.74) is 12.0. The Kier molecular flexibility index (Phi) is 7.66. The molecule has 0 amide bonds. The second kappa shape index (κ2) is 11.6. The minimum atomic E-state index is 1.13. The van der Waals surface area contributed by atoms with Gasteiger partial charge in [-0.2, -0.15) is 0 Å². The van der Waals surface area contributed by atoms with E-state index in [-0.39, 0.29) is 0 Å². The van der Waals surface area contributed by atoms with Crippen LogP contribution in [0.4, 0.5) is 17.1 Å². The zero-order chi connectivity index (χ0) is 26.3. The van der Waals surface area contributed by atoms with E-state index < -0.39 is 0 Å². The Morgan fingerprint density at radius 2 is 0.921 bits per heavy atom. The van der Waals surface area contributed by atoms with Crippen LogP contribution in [0.1, 0.15) is 25.0 Å². The number of nitrogens with zero attached hydrogens (tertiary/aromatic N) is 1. The lowest BCUT2D eigenvalue weighted by atomic mass is 10.0. The van der Waals surface area contributed by atoms with Crippen molar-refractivity contribution in [3.63, 3.8) is 0 Å². The molecule has 38 heavy (non-hydrogen) atoms. The van der Waals surface area contributed by atoms with Gasteiger partial charge in [-0.15, -0.1) is 0 Å². The summed E-state index contributed by atoms with van der Waals surface area (Å²) in [4.78, 5) is 2.32. The fraction of sp³-hybridized carbons (Fsp3) is 0.0811. The van der Waals surface area contributed by atoms with Gasteiger partial charge in [-0.1, -0.05) is 115 Å². The summed E-state index contributed by atoms with van der Waals surface area (Å²) >= 11 is 0. The molecule has 0 saturated carbocycles. The molecule has 5 aromatic rings. The summed E-state index contributed by atoms with van der Waals surface area (Å²) in [6.45, 7) is 6.26. The molecule has 5 rings (SSSR count). The Morgan fingerprint density at radius 1 is 0.500 bits per heavy atom. The zero-order valence-electron chi connectivity index (χ0n) is 22.3. The average Bonchev–Trinajstić information content (AvgIpc) is 2.98. The molecule has 1 heteroatoms. The van der Waals surface area contributed by atoms with Gasteiger partial charge in [0.2, 0.25) is 0 Å². The molecule has 0 spiro atoms. The highest BCUT2D eigenvalue weighted by atomic mass is 15.1. The van der Waals surface area contributed by atoms with E-state index >= 15 is 0 Å². The number of allylic oxidation sites excluding steroid dienone is 4. The van der Waals surface area contributed by atoms with Gasteiger partial charge in [-0.05, 0) is 90.6 Å². The van der Waals surface area contributed by atoms with Gasteiger partial charge in [0.25, 0.3) is 0 Å². The van der Waals surface area contributed by atoms with Crippen LogP contribution in [0.15, 0.2) is 146 Å². The van der Waals surface area contributed by atoms with Crippen molar-refractivity contribution in [2.24, 2.45) is 0 Å². The fourth-order valence-electron chi connectivity index (χ4n) is 4.77. The molecule has 0 aliphatic heterocycles. The highest BCUT2D eigenvalue weighted by Crippen LogP contribution is 2.37. The van der Waals surface area contributed by atoms with Crippen LogP contribution in [-0.4, -0.2) is 0 Å². The van der Waals surface area contributed by atoms with E-state index in [2.05, 4.69) is 171 Å². The molecule has 0 bridgehead atoms. The lowest BCUT2D eigenvalue weighted by Gasteiger charge is -2.26. The normalized spacial score (nSPS) is 11.6. The van der Waals surface area contributed by atoms with Crippen molar-refractivity contribution in [3.8, 4) is 22.3 Å². The fourth-order valence-corrected chi connectivity index (χ4v) is 4.77. The van der Waals surface area contributed by atoms with Crippen LogP contribution in [-0.2, 0) is 0 Å². The van der Waals surface area contributed by atoms with Crippen LogP contribution in [0.2, 0.25) is 0 Å². The Balaban J connectivity index is 1.53. The molecule has 0 radical (unpaired) electrons. The molecule has 0 heterocycles. The third kappa shape index (κ3) is 5.53. The molecule has 5 aromatic carbocycles. The average molecular weight is 492 g/mol. The first-order valence-electron chi connectivity index (χ1n) is 13.2. The maximum absolute atomic E-state index is 2.32. The van der Waals surface area contributed by atoms with Crippen molar-refractivity contribution in [3.05, 3.63) is 157 Å². The van der Waals surface area contributed by atoms with Gasteiger partial charge in [0.15, 0.2) is 0 Å². The number of benzene rings is 5. The van der Waals surface area contributed by atoms with Crippen molar-refractivity contribution >= 4 is 22.6 Å². The van der Waals surface area contributed by atoms with Crippen LogP contribution in [0.25, 0.3) is 27.8 Å². The number of anilines is 3. The monoisotopic (exact) mass is 491 g/mol. The smallest absolute Gasteiger partial charge is 0.0462 e. The second-order valence-electron chi connectivity index (χ2n) is 9.45. The number of hydrogen-bond donors (Lipinski definition) is 0. The third-order valence-electron chi connectivity index (χ3n) is 6.86. The van der Waals surface area contributed by atoms with Crippen molar-refractivity contribution in [2.75, 3.05) is 4.90 Å². The maximum atomic E-state index is 2.32. The molecule has 0 atom stereocenters. The lowest BCUT2D eigenvalue weighted by Crippen LogP contribution is -2.09. The molecule has 186 valence electrons. The first kappa shape index (κ1) is 25.0. The van der Waals surface area contributed by atoms with Gasteiger partial charge in [-0.25, -0.2) is 0 Å². The number of hydrogen-bond acceptors (Lipinski definition) is 1. The third-order valence-corrected chi connectivity index (χ3v) is 6.86. The van der Waals surface area contributed by atoms with Crippen LogP contribution in [0.3, 0.4) is 0 Å². The Labute approximate surface area is 227 Å². The number of rotatable bonds is 7. The molecule has 0 unspecified atom stereocenters. The predicted octanol–water partition coefficient (Wildman–Crippen LogP) is 10.8. The standard InChI is InChI=1S/C37H33N/c1-4-9-29(5-2)31-16-22-35(23-17-31)38(36-24-18-33(19-25-36)30-10-7-6-8-11-30)37-26-20-34(21-27-37)32-14-12-28(3)13-15-32/h4-27H,1-3H3/b9-4-,29-5+. The Bertz CT molecular complexity index is 1520. The van der Waals surface area contributed by atoms with Crippen molar-refractivity contribution in [1.29, 1.82) is 0 Å². The van der Waals surface area contributed by atoms with Gasteiger partial charge in [0.1, 0.15) is 0 Å². The van der Waals surface area contributed by atoms with E-state index in [0.29, 0.717) is 0 Å². The molecule has 0 aliphatic carbocycles. The minimum Gasteiger partial charge on any atom is -0.311 e. The summed E-state index contributed by atoms with van der Waals surface area (Å²) in [5.74, 6) is 0. The van der Waals surface area contributed by atoms with Gasteiger partial charge < -0.3 is 4.90 Å². The van der Waals surface area contributed by atoms with E-state index in [9.17, 15) is 0 Å². The van der Waals surface area contributed by atoms with Crippen LogP contribution in [0, 0.1) is 6.92 Å². The molecule has 0 aliphatic rings. The van der Waals surface area contributed by atoms with Crippen LogP contribution in [0.5, 0.6) is 0 Å².